The zero-order valence-corrected chi connectivity index (χ0v) is 9.47. The molecule has 0 saturated heterocycles. The van der Waals surface area contributed by atoms with Gasteiger partial charge in [0.15, 0.2) is 5.69 Å². The van der Waals surface area contributed by atoms with E-state index < -0.39 is 29.4 Å². The summed E-state index contributed by atoms with van der Waals surface area (Å²) in [5, 5.41) is 8.45. The van der Waals surface area contributed by atoms with Crippen LogP contribution in [-0.4, -0.2) is 4.98 Å². The van der Waals surface area contributed by atoms with Gasteiger partial charge in [-0.2, -0.15) is 18.4 Å². The Morgan fingerprint density at radius 1 is 1.38 bits per heavy atom. The summed E-state index contributed by atoms with van der Waals surface area (Å²) < 4.78 is 62.1. The maximum atomic E-state index is 12.5. The van der Waals surface area contributed by atoms with Crippen LogP contribution in [0.3, 0.4) is 0 Å². The molecule has 8 heteroatoms. The summed E-state index contributed by atoms with van der Waals surface area (Å²) in [6, 6.07) is 1.79. The van der Waals surface area contributed by atoms with Crippen LogP contribution in [0.1, 0.15) is 23.2 Å². The normalized spacial score (nSPS) is 11.6. The van der Waals surface area contributed by atoms with Gasteiger partial charge in [-0.15, -0.1) is 0 Å². The Morgan fingerprint density at radius 3 is 2.31 bits per heavy atom. The molecule has 0 radical (unpaired) electrons. The molecule has 86 valence electrons. The fourth-order valence-corrected chi connectivity index (χ4v) is 1.66. The van der Waals surface area contributed by atoms with Gasteiger partial charge in [0.1, 0.15) is 15.3 Å². The van der Waals surface area contributed by atoms with Crippen molar-refractivity contribution in [2.45, 2.75) is 12.6 Å². The standard InChI is InChI=1S/C8H2F5IN2/c9-7(10)3-1-5(14)16-4(2-15)6(3)8(11,12)13/h1,7H. The second kappa shape index (κ2) is 4.48. The molecule has 0 unspecified atom stereocenters. The van der Waals surface area contributed by atoms with E-state index in [1.807, 2.05) is 0 Å². The maximum absolute atomic E-state index is 12.5. The van der Waals surface area contributed by atoms with E-state index >= 15 is 0 Å². The summed E-state index contributed by atoms with van der Waals surface area (Å²) in [6.07, 6.45) is -8.33. The molecule has 16 heavy (non-hydrogen) atoms. The lowest BCUT2D eigenvalue weighted by Crippen LogP contribution is -2.14. The number of halogens is 6. The highest BCUT2D eigenvalue weighted by Crippen LogP contribution is 2.38. The Labute approximate surface area is 100 Å². The van der Waals surface area contributed by atoms with E-state index in [1.54, 1.807) is 0 Å². The SMILES string of the molecule is N#Cc1nc(I)cc(C(F)F)c1C(F)(F)F. The largest absolute Gasteiger partial charge is 0.419 e. The van der Waals surface area contributed by atoms with Crippen LogP contribution in [0.4, 0.5) is 22.0 Å². The fourth-order valence-electron chi connectivity index (χ4n) is 1.08. The summed E-state index contributed by atoms with van der Waals surface area (Å²) in [5.74, 6) is 0. The Morgan fingerprint density at radius 2 is 1.94 bits per heavy atom. The molecule has 0 aliphatic carbocycles. The molecule has 0 aliphatic rings. The molecule has 0 amide bonds. The van der Waals surface area contributed by atoms with Crippen molar-refractivity contribution < 1.29 is 22.0 Å². The quantitative estimate of drug-likeness (QED) is 0.443. The number of nitriles is 1. The van der Waals surface area contributed by atoms with Crippen LogP contribution in [0.25, 0.3) is 0 Å². The Hall–Kier alpha value is -0.980. The van der Waals surface area contributed by atoms with Crippen molar-refractivity contribution in [1.29, 1.82) is 5.26 Å². The molecule has 0 N–H and O–H groups in total. The third-order valence-electron chi connectivity index (χ3n) is 1.64. The van der Waals surface area contributed by atoms with Crippen LogP contribution in [0.15, 0.2) is 6.07 Å². The molecular weight excluding hydrogens is 346 g/mol. The van der Waals surface area contributed by atoms with Gasteiger partial charge >= 0.3 is 6.18 Å². The van der Waals surface area contributed by atoms with Crippen LogP contribution in [0.5, 0.6) is 0 Å². The third-order valence-corrected chi connectivity index (χ3v) is 2.20. The molecule has 0 atom stereocenters. The lowest BCUT2D eigenvalue weighted by Gasteiger charge is -2.13. The minimum atomic E-state index is -5.02. The van der Waals surface area contributed by atoms with Gasteiger partial charge in [-0.1, -0.05) is 0 Å². The molecule has 0 saturated carbocycles. The lowest BCUT2D eigenvalue weighted by atomic mass is 10.1. The van der Waals surface area contributed by atoms with Crippen LogP contribution >= 0.6 is 22.6 Å². The number of hydrogen-bond acceptors (Lipinski definition) is 2. The first-order valence-corrected chi connectivity index (χ1v) is 4.81. The van der Waals surface area contributed by atoms with Crippen LogP contribution in [-0.2, 0) is 6.18 Å². The Balaban J connectivity index is 3.60. The second-order valence-electron chi connectivity index (χ2n) is 2.67. The van der Waals surface area contributed by atoms with Gasteiger partial charge in [0.25, 0.3) is 6.43 Å². The lowest BCUT2D eigenvalue weighted by molar-refractivity contribution is -0.140. The minimum absolute atomic E-state index is 0.0857. The Bertz CT molecular complexity index is 449. The molecule has 0 spiro atoms. The summed E-state index contributed by atoms with van der Waals surface area (Å²) in [5.41, 5.74) is -3.91. The van der Waals surface area contributed by atoms with Gasteiger partial charge in [-0.05, 0) is 28.7 Å². The first-order valence-electron chi connectivity index (χ1n) is 3.73. The zero-order chi connectivity index (χ0) is 12.5. The van der Waals surface area contributed by atoms with Gasteiger partial charge in [0.2, 0.25) is 0 Å². The Kier molecular flexibility index (Phi) is 3.67. The van der Waals surface area contributed by atoms with Gasteiger partial charge in [-0.3, -0.25) is 0 Å². The monoisotopic (exact) mass is 348 g/mol. The summed E-state index contributed by atoms with van der Waals surface area (Å²) in [7, 11) is 0. The number of nitrogens with zero attached hydrogens (tertiary/aromatic N) is 2. The van der Waals surface area contributed by atoms with Crippen molar-refractivity contribution >= 4 is 22.6 Å². The number of rotatable bonds is 1. The van der Waals surface area contributed by atoms with E-state index in [1.165, 1.54) is 28.7 Å². The highest BCUT2D eigenvalue weighted by molar-refractivity contribution is 14.1. The molecule has 0 aromatic carbocycles. The van der Waals surface area contributed by atoms with Gasteiger partial charge in [0.05, 0.1) is 0 Å². The highest BCUT2D eigenvalue weighted by Gasteiger charge is 2.39. The zero-order valence-electron chi connectivity index (χ0n) is 7.32. The first-order chi connectivity index (χ1) is 7.27. The molecular formula is C8H2F5IN2. The molecule has 0 fully saturated rings. The van der Waals surface area contributed by atoms with Crippen LogP contribution in [0, 0.1) is 15.0 Å². The summed E-state index contributed by atoms with van der Waals surface area (Å²) >= 11 is 1.47. The van der Waals surface area contributed by atoms with Crippen LogP contribution < -0.4 is 0 Å². The molecule has 1 rings (SSSR count). The smallest absolute Gasteiger partial charge is 0.230 e. The third kappa shape index (κ3) is 2.58. The topological polar surface area (TPSA) is 36.7 Å². The minimum Gasteiger partial charge on any atom is -0.230 e. The van der Waals surface area contributed by atoms with E-state index in [9.17, 15) is 22.0 Å². The fraction of sp³-hybridized carbons (Fsp3) is 0.250. The number of alkyl halides is 5. The van der Waals surface area contributed by atoms with Crippen molar-refractivity contribution in [3.05, 3.63) is 26.6 Å². The van der Waals surface area contributed by atoms with Gasteiger partial charge < -0.3 is 0 Å². The van der Waals surface area contributed by atoms with Crippen molar-refractivity contribution in [2.75, 3.05) is 0 Å². The number of aromatic nitrogens is 1. The van der Waals surface area contributed by atoms with Crippen molar-refractivity contribution in [3.63, 3.8) is 0 Å². The van der Waals surface area contributed by atoms with Crippen molar-refractivity contribution in [1.82, 2.24) is 4.98 Å². The van der Waals surface area contributed by atoms with E-state index in [-0.39, 0.29) is 3.70 Å². The average molecular weight is 348 g/mol. The van der Waals surface area contributed by atoms with E-state index in [2.05, 4.69) is 4.98 Å². The molecule has 1 heterocycles. The van der Waals surface area contributed by atoms with E-state index in [0.29, 0.717) is 6.07 Å². The number of pyridine rings is 1. The molecule has 2 nitrogen and oxygen atoms in total. The number of hydrogen-bond donors (Lipinski definition) is 0. The second-order valence-corrected chi connectivity index (χ2v) is 3.77. The first kappa shape index (κ1) is 13.1. The van der Waals surface area contributed by atoms with E-state index in [4.69, 9.17) is 5.26 Å². The van der Waals surface area contributed by atoms with Crippen LogP contribution in [0.2, 0.25) is 0 Å². The average Bonchev–Trinajstić information content (AvgIpc) is 2.14. The maximum Gasteiger partial charge on any atom is 0.419 e. The van der Waals surface area contributed by atoms with Crippen molar-refractivity contribution in [3.8, 4) is 6.07 Å². The predicted molar refractivity (Wildman–Crippen MR) is 51.6 cm³/mol. The van der Waals surface area contributed by atoms with E-state index in [0.717, 1.165) is 0 Å². The van der Waals surface area contributed by atoms with Gasteiger partial charge in [-0.25, -0.2) is 13.8 Å². The van der Waals surface area contributed by atoms with Gasteiger partial charge in [0, 0.05) is 5.56 Å². The molecule has 1 aromatic rings. The van der Waals surface area contributed by atoms with Crippen molar-refractivity contribution in [2.24, 2.45) is 0 Å². The predicted octanol–water partition coefficient (Wildman–Crippen LogP) is 3.51. The molecule has 0 bridgehead atoms. The molecule has 0 aliphatic heterocycles. The summed E-state index contributed by atoms with van der Waals surface area (Å²) in [4.78, 5) is 3.27. The highest BCUT2D eigenvalue weighted by atomic mass is 127. The summed E-state index contributed by atoms with van der Waals surface area (Å²) in [6.45, 7) is 0. The molecule has 1 aromatic heterocycles.